The van der Waals surface area contributed by atoms with Gasteiger partial charge in [-0.05, 0) is 19.1 Å². The quantitative estimate of drug-likeness (QED) is 0.876. The Hall–Kier alpha value is -2.43. The molecule has 0 aliphatic rings. The van der Waals surface area contributed by atoms with E-state index in [1.54, 1.807) is 13.0 Å². The van der Waals surface area contributed by atoms with Crippen LogP contribution in [0.2, 0.25) is 0 Å². The molecule has 1 aromatic heterocycles. The molecule has 1 amide bonds. The first-order valence-corrected chi connectivity index (χ1v) is 5.94. The van der Waals surface area contributed by atoms with E-state index >= 15 is 0 Å². The van der Waals surface area contributed by atoms with Gasteiger partial charge in [0.25, 0.3) is 5.91 Å². The number of hydrogen-bond acceptors (Lipinski definition) is 3. The third-order valence-electron chi connectivity index (χ3n) is 2.69. The number of carboxylic acids is 1. The van der Waals surface area contributed by atoms with E-state index in [4.69, 9.17) is 5.11 Å². The number of nitrogens with one attached hydrogen (secondary N) is 1. The summed E-state index contributed by atoms with van der Waals surface area (Å²) in [7, 11) is 0. The topological polar surface area (TPSA) is 79.3 Å². The number of amides is 1. The van der Waals surface area contributed by atoms with Gasteiger partial charge in [0, 0.05) is 11.4 Å². The molecule has 19 heavy (non-hydrogen) atoms. The summed E-state index contributed by atoms with van der Waals surface area (Å²) in [5.74, 6) is -1.31. The van der Waals surface area contributed by atoms with Gasteiger partial charge >= 0.3 is 5.97 Å². The van der Waals surface area contributed by atoms with Gasteiger partial charge in [-0.2, -0.15) is 0 Å². The molecule has 1 unspecified atom stereocenters. The molecule has 2 N–H and O–H groups in total. The molecule has 0 aliphatic carbocycles. The van der Waals surface area contributed by atoms with Gasteiger partial charge in [-0.15, -0.1) is 0 Å². The molecule has 98 valence electrons. The van der Waals surface area contributed by atoms with E-state index in [-0.39, 0.29) is 18.0 Å². The van der Waals surface area contributed by atoms with Crippen LogP contribution in [-0.2, 0) is 4.79 Å². The van der Waals surface area contributed by atoms with E-state index in [0.717, 1.165) is 10.9 Å². The highest BCUT2D eigenvalue weighted by Crippen LogP contribution is 2.11. The number of pyridine rings is 1. The van der Waals surface area contributed by atoms with Gasteiger partial charge in [0.15, 0.2) is 0 Å². The molecule has 1 heterocycles. The summed E-state index contributed by atoms with van der Waals surface area (Å²) in [6.07, 6.45) is -0.112. The average Bonchev–Trinajstić information content (AvgIpc) is 2.37. The minimum atomic E-state index is -0.945. The number of aromatic nitrogens is 1. The minimum absolute atomic E-state index is 0.112. The summed E-state index contributed by atoms with van der Waals surface area (Å²) in [6.45, 7) is 1.65. The van der Waals surface area contributed by atoms with E-state index in [1.807, 2.05) is 30.3 Å². The number of carboxylic acid groups (broad SMARTS) is 1. The Morgan fingerprint density at radius 2 is 2.00 bits per heavy atom. The number of aliphatic carboxylic acids is 1. The van der Waals surface area contributed by atoms with Crippen LogP contribution < -0.4 is 5.32 Å². The number of benzene rings is 1. The van der Waals surface area contributed by atoms with Crippen molar-refractivity contribution in [3.63, 3.8) is 0 Å². The predicted molar refractivity (Wildman–Crippen MR) is 70.9 cm³/mol. The molecule has 0 bridgehead atoms. The monoisotopic (exact) mass is 258 g/mol. The minimum Gasteiger partial charge on any atom is -0.481 e. The molecule has 0 saturated heterocycles. The molecule has 2 aromatic rings. The van der Waals surface area contributed by atoms with E-state index in [0.29, 0.717) is 0 Å². The normalized spacial score (nSPS) is 12.1. The Bertz CT molecular complexity index is 625. The number of nitrogens with zero attached hydrogens (tertiary/aromatic N) is 1. The van der Waals surface area contributed by atoms with Crippen molar-refractivity contribution in [3.05, 3.63) is 42.1 Å². The fourth-order valence-corrected chi connectivity index (χ4v) is 1.80. The standard InChI is InChI=1S/C14H14N2O3/c1-9(8-13(17)18)15-14(19)12-7-6-10-4-2-3-5-11(10)16-12/h2-7,9H,8H2,1H3,(H,15,19)(H,17,18). The Balaban J connectivity index is 2.15. The number of rotatable bonds is 4. The van der Waals surface area contributed by atoms with E-state index in [9.17, 15) is 9.59 Å². The lowest BCUT2D eigenvalue weighted by molar-refractivity contribution is -0.137. The highest BCUT2D eigenvalue weighted by Gasteiger charge is 2.13. The summed E-state index contributed by atoms with van der Waals surface area (Å²) in [6, 6.07) is 10.5. The lowest BCUT2D eigenvalue weighted by atomic mass is 10.2. The van der Waals surface area contributed by atoms with Crippen molar-refractivity contribution < 1.29 is 14.7 Å². The van der Waals surface area contributed by atoms with Crippen molar-refractivity contribution in [1.29, 1.82) is 0 Å². The summed E-state index contributed by atoms with van der Waals surface area (Å²) >= 11 is 0. The third-order valence-corrected chi connectivity index (χ3v) is 2.69. The maximum Gasteiger partial charge on any atom is 0.305 e. The van der Waals surface area contributed by atoms with Crippen molar-refractivity contribution >= 4 is 22.8 Å². The molecule has 2 rings (SSSR count). The number of hydrogen-bond donors (Lipinski definition) is 2. The van der Waals surface area contributed by atoms with E-state index in [2.05, 4.69) is 10.3 Å². The first-order valence-electron chi connectivity index (χ1n) is 5.94. The van der Waals surface area contributed by atoms with Crippen LogP contribution in [-0.4, -0.2) is 28.0 Å². The Labute approximate surface area is 110 Å². The highest BCUT2D eigenvalue weighted by atomic mass is 16.4. The van der Waals surface area contributed by atoms with E-state index < -0.39 is 12.0 Å². The molecule has 1 aromatic carbocycles. The molecule has 0 aliphatic heterocycles. The van der Waals surface area contributed by atoms with E-state index in [1.165, 1.54) is 0 Å². The summed E-state index contributed by atoms with van der Waals surface area (Å²) in [5, 5.41) is 12.2. The molecular weight excluding hydrogens is 244 g/mol. The molecule has 0 saturated carbocycles. The predicted octanol–water partition coefficient (Wildman–Crippen LogP) is 1.83. The number of carbonyl (C=O) groups excluding carboxylic acids is 1. The number of carbonyl (C=O) groups is 2. The zero-order chi connectivity index (χ0) is 13.8. The van der Waals surface area contributed by atoms with Crippen LogP contribution in [0.25, 0.3) is 10.9 Å². The third kappa shape index (κ3) is 3.28. The molecule has 0 fully saturated rings. The van der Waals surface area contributed by atoms with Crippen LogP contribution in [0.5, 0.6) is 0 Å². The van der Waals surface area contributed by atoms with Crippen LogP contribution in [0, 0.1) is 0 Å². The van der Waals surface area contributed by atoms with Crippen LogP contribution in [0.1, 0.15) is 23.8 Å². The fraction of sp³-hybridized carbons (Fsp3) is 0.214. The van der Waals surface area contributed by atoms with Crippen molar-refractivity contribution in [3.8, 4) is 0 Å². The summed E-state index contributed by atoms with van der Waals surface area (Å²) < 4.78 is 0. The SMILES string of the molecule is CC(CC(=O)O)NC(=O)c1ccc2ccccc2n1. The summed E-state index contributed by atoms with van der Waals surface area (Å²) in [5.41, 5.74) is 1.02. The Morgan fingerprint density at radius 1 is 1.26 bits per heavy atom. The van der Waals surface area contributed by atoms with Gasteiger partial charge in [-0.1, -0.05) is 24.3 Å². The number of para-hydroxylation sites is 1. The number of fused-ring (bicyclic) bond motifs is 1. The molecule has 5 nitrogen and oxygen atoms in total. The molecule has 0 spiro atoms. The van der Waals surface area contributed by atoms with Gasteiger partial charge in [0.1, 0.15) is 5.69 Å². The van der Waals surface area contributed by atoms with Crippen LogP contribution in [0.3, 0.4) is 0 Å². The molecule has 1 atom stereocenters. The lowest BCUT2D eigenvalue weighted by Gasteiger charge is -2.11. The zero-order valence-corrected chi connectivity index (χ0v) is 10.5. The Kier molecular flexibility index (Phi) is 3.75. The molecular formula is C14H14N2O3. The van der Waals surface area contributed by atoms with Crippen LogP contribution >= 0.6 is 0 Å². The average molecular weight is 258 g/mol. The maximum atomic E-state index is 11.9. The van der Waals surface area contributed by atoms with Crippen molar-refractivity contribution in [2.24, 2.45) is 0 Å². The van der Waals surface area contributed by atoms with Gasteiger partial charge < -0.3 is 10.4 Å². The second-order valence-electron chi connectivity index (χ2n) is 4.36. The second kappa shape index (κ2) is 5.48. The summed E-state index contributed by atoms with van der Waals surface area (Å²) in [4.78, 5) is 26.7. The maximum absolute atomic E-state index is 11.9. The zero-order valence-electron chi connectivity index (χ0n) is 10.5. The van der Waals surface area contributed by atoms with Crippen molar-refractivity contribution in [1.82, 2.24) is 10.3 Å². The highest BCUT2D eigenvalue weighted by molar-refractivity contribution is 5.95. The second-order valence-corrected chi connectivity index (χ2v) is 4.36. The Morgan fingerprint density at radius 3 is 2.74 bits per heavy atom. The first-order chi connectivity index (χ1) is 9.06. The van der Waals surface area contributed by atoms with Crippen molar-refractivity contribution in [2.75, 3.05) is 0 Å². The smallest absolute Gasteiger partial charge is 0.305 e. The van der Waals surface area contributed by atoms with Gasteiger partial charge in [-0.3, -0.25) is 9.59 Å². The fourth-order valence-electron chi connectivity index (χ4n) is 1.80. The van der Waals surface area contributed by atoms with Crippen molar-refractivity contribution in [2.45, 2.75) is 19.4 Å². The lowest BCUT2D eigenvalue weighted by Crippen LogP contribution is -2.34. The van der Waals surface area contributed by atoms with Crippen LogP contribution in [0.15, 0.2) is 36.4 Å². The van der Waals surface area contributed by atoms with Gasteiger partial charge in [0.2, 0.25) is 0 Å². The van der Waals surface area contributed by atoms with Crippen LogP contribution in [0.4, 0.5) is 0 Å². The van der Waals surface area contributed by atoms with Gasteiger partial charge in [0.05, 0.1) is 11.9 Å². The molecule has 0 radical (unpaired) electrons. The molecule has 5 heteroatoms. The largest absolute Gasteiger partial charge is 0.481 e. The van der Waals surface area contributed by atoms with Gasteiger partial charge in [-0.25, -0.2) is 4.98 Å². The first kappa shape index (κ1) is 13.0.